The maximum atomic E-state index is 2.54. The van der Waals surface area contributed by atoms with Gasteiger partial charge in [-0.25, -0.2) is 0 Å². The molecule has 0 N–H and O–H groups in total. The van der Waals surface area contributed by atoms with Crippen molar-refractivity contribution >= 4 is 28.2 Å². The van der Waals surface area contributed by atoms with E-state index < -0.39 is 0 Å². The Balaban J connectivity index is 1.61. The van der Waals surface area contributed by atoms with Crippen LogP contribution in [0.5, 0.6) is 0 Å². The first-order valence-electron chi connectivity index (χ1n) is 9.96. The molecule has 0 unspecified atom stereocenters. The van der Waals surface area contributed by atoms with E-state index >= 15 is 0 Å². The minimum absolute atomic E-state index is 1.11. The molecule has 2 aromatic heterocycles. The lowest BCUT2D eigenvalue weighted by Crippen LogP contribution is -1.94. The third kappa shape index (κ3) is 3.85. The maximum absolute atomic E-state index is 2.54. The standard InChI is InChI=1S/C23H28S2/c1-2-3-4-5-14-20-15-18-12-8-9-13-19-16-21(17-10-6-7-11-17)25-23(19)22(18)24-20/h6-7,10,15-16H,2-5,8-9,11-14H2,1H3. The first-order chi connectivity index (χ1) is 12.3. The molecular weight excluding hydrogens is 340 g/mol. The van der Waals surface area contributed by atoms with Crippen LogP contribution in [0, 0.1) is 0 Å². The van der Waals surface area contributed by atoms with Crippen molar-refractivity contribution < 1.29 is 0 Å². The molecule has 2 heteroatoms. The third-order valence-electron chi connectivity index (χ3n) is 5.38. The van der Waals surface area contributed by atoms with Crippen LogP contribution in [-0.2, 0) is 19.3 Å². The summed E-state index contributed by atoms with van der Waals surface area (Å²) in [4.78, 5) is 6.30. The minimum atomic E-state index is 1.11. The molecule has 0 spiro atoms. The molecule has 2 aliphatic carbocycles. The Labute approximate surface area is 160 Å². The Morgan fingerprint density at radius 2 is 1.72 bits per heavy atom. The molecule has 0 fully saturated rings. The van der Waals surface area contributed by atoms with Gasteiger partial charge >= 0.3 is 0 Å². The van der Waals surface area contributed by atoms with Crippen LogP contribution in [0.25, 0.3) is 15.3 Å². The molecule has 2 aliphatic rings. The molecule has 0 bridgehead atoms. The van der Waals surface area contributed by atoms with Crippen molar-refractivity contribution in [1.82, 2.24) is 0 Å². The second-order valence-electron chi connectivity index (χ2n) is 7.37. The van der Waals surface area contributed by atoms with Crippen LogP contribution in [0.4, 0.5) is 0 Å². The number of thiophene rings is 2. The molecule has 132 valence electrons. The summed E-state index contributed by atoms with van der Waals surface area (Å²) in [5.74, 6) is 0. The molecule has 0 saturated heterocycles. The number of unbranched alkanes of at least 4 members (excludes halogenated alkanes) is 3. The van der Waals surface area contributed by atoms with Crippen LogP contribution in [-0.4, -0.2) is 0 Å². The molecule has 0 nitrogen and oxygen atoms in total. The molecule has 0 saturated carbocycles. The number of aryl methyl sites for hydroxylation is 3. The van der Waals surface area contributed by atoms with E-state index in [1.165, 1.54) is 68.2 Å². The summed E-state index contributed by atoms with van der Waals surface area (Å²) in [6.07, 6.45) is 19.8. The van der Waals surface area contributed by atoms with Gasteiger partial charge in [0.15, 0.2) is 0 Å². The lowest BCUT2D eigenvalue weighted by Gasteiger charge is -2.09. The zero-order chi connectivity index (χ0) is 17.1. The maximum Gasteiger partial charge on any atom is 0.0483 e. The van der Waals surface area contributed by atoms with Gasteiger partial charge in [-0.05, 0) is 73.8 Å². The lowest BCUT2D eigenvalue weighted by atomic mass is 9.98. The number of allylic oxidation sites excluding steroid dienone is 4. The van der Waals surface area contributed by atoms with Crippen LogP contribution in [0.1, 0.15) is 72.8 Å². The predicted molar refractivity (Wildman–Crippen MR) is 114 cm³/mol. The van der Waals surface area contributed by atoms with Crippen molar-refractivity contribution in [3.8, 4) is 9.75 Å². The lowest BCUT2D eigenvalue weighted by molar-refractivity contribution is 0.670. The Morgan fingerprint density at radius 3 is 2.48 bits per heavy atom. The molecule has 2 aromatic rings. The summed E-state index contributed by atoms with van der Waals surface area (Å²) in [6, 6.07) is 5.03. The van der Waals surface area contributed by atoms with E-state index in [1.54, 1.807) is 25.8 Å². The molecular formula is C23H28S2. The second-order valence-corrected chi connectivity index (χ2v) is 9.56. The summed E-state index contributed by atoms with van der Waals surface area (Å²) >= 11 is 4.14. The van der Waals surface area contributed by atoms with Crippen LogP contribution < -0.4 is 0 Å². The van der Waals surface area contributed by atoms with Gasteiger partial charge in [-0.2, -0.15) is 0 Å². The van der Waals surface area contributed by atoms with E-state index in [0.717, 1.165) is 6.42 Å². The van der Waals surface area contributed by atoms with Crippen molar-refractivity contribution in [3.63, 3.8) is 0 Å². The second kappa shape index (κ2) is 8.05. The first-order valence-corrected chi connectivity index (χ1v) is 11.6. The highest BCUT2D eigenvalue weighted by molar-refractivity contribution is 7.23. The summed E-state index contributed by atoms with van der Waals surface area (Å²) in [5, 5.41) is 0. The number of hydrogen-bond acceptors (Lipinski definition) is 2. The van der Waals surface area contributed by atoms with Crippen molar-refractivity contribution in [2.45, 2.75) is 71.1 Å². The SMILES string of the molecule is CCCCCCc1cc2c(s1)-c1sc(C3=CC=CC3)cc1CCCC2. The Morgan fingerprint density at radius 1 is 0.920 bits per heavy atom. The largest absolute Gasteiger partial charge is 0.139 e. The Bertz CT molecular complexity index is 785. The molecule has 0 amide bonds. The summed E-state index contributed by atoms with van der Waals surface area (Å²) < 4.78 is 0. The summed E-state index contributed by atoms with van der Waals surface area (Å²) in [7, 11) is 0. The van der Waals surface area contributed by atoms with Crippen LogP contribution >= 0.6 is 22.7 Å². The normalized spacial score (nSPS) is 16.3. The van der Waals surface area contributed by atoms with Crippen molar-refractivity contribution in [2.24, 2.45) is 0 Å². The zero-order valence-electron chi connectivity index (χ0n) is 15.3. The first kappa shape index (κ1) is 17.3. The van der Waals surface area contributed by atoms with Gasteiger partial charge in [0.05, 0.1) is 0 Å². The Hall–Kier alpha value is -1.12. The average molecular weight is 369 g/mol. The smallest absolute Gasteiger partial charge is 0.0483 e. The van der Waals surface area contributed by atoms with E-state index in [0.29, 0.717) is 0 Å². The molecule has 0 radical (unpaired) electrons. The fraction of sp³-hybridized carbons (Fsp3) is 0.478. The van der Waals surface area contributed by atoms with E-state index in [4.69, 9.17) is 0 Å². The highest BCUT2D eigenvalue weighted by Gasteiger charge is 2.20. The fourth-order valence-corrected chi connectivity index (χ4v) is 6.63. The van der Waals surface area contributed by atoms with Crippen molar-refractivity contribution in [3.05, 3.63) is 51.2 Å². The van der Waals surface area contributed by atoms with E-state index in [-0.39, 0.29) is 0 Å². The predicted octanol–water partition coefficient (Wildman–Crippen LogP) is 7.82. The number of rotatable bonds is 6. The van der Waals surface area contributed by atoms with Crippen molar-refractivity contribution in [1.29, 1.82) is 0 Å². The molecule has 0 aromatic carbocycles. The Kier molecular flexibility index (Phi) is 5.57. The van der Waals surface area contributed by atoms with Gasteiger partial charge in [0.25, 0.3) is 0 Å². The van der Waals surface area contributed by atoms with E-state index in [2.05, 4.69) is 48.6 Å². The van der Waals surface area contributed by atoms with E-state index in [1.807, 2.05) is 11.3 Å². The molecule has 4 rings (SSSR count). The number of fused-ring (bicyclic) bond motifs is 3. The molecule has 0 aliphatic heterocycles. The molecule has 0 atom stereocenters. The van der Waals surface area contributed by atoms with Gasteiger partial charge in [0, 0.05) is 19.5 Å². The fourth-order valence-electron chi connectivity index (χ4n) is 3.94. The molecule has 25 heavy (non-hydrogen) atoms. The van der Waals surface area contributed by atoms with Gasteiger partial charge in [0.2, 0.25) is 0 Å². The van der Waals surface area contributed by atoms with Gasteiger partial charge in [-0.3, -0.25) is 0 Å². The minimum Gasteiger partial charge on any atom is -0.139 e. The van der Waals surface area contributed by atoms with Crippen LogP contribution in [0.15, 0.2) is 30.4 Å². The third-order valence-corrected chi connectivity index (χ3v) is 8.04. The highest BCUT2D eigenvalue weighted by Crippen LogP contribution is 2.45. The quantitative estimate of drug-likeness (QED) is 0.456. The van der Waals surface area contributed by atoms with Crippen molar-refractivity contribution in [2.75, 3.05) is 0 Å². The van der Waals surface area contributed by atoms with Gasteiger partial charge < -0.3 is 0 Å². The van der Waals surface area contributed by atoms with Crippen LogP contribution in [0.3, 0.4) is 0 Å². The van der Waals surface area contributed by atoms with Gasteiger partial charge in [-0.15, -0.1) is 22.7 Å². The number of hydrogen-bond donors (Lipinski definition) is 0. The summed E-state index contributed by atoms with van der Waals surface area (Å²) in [5.41, 5.74) is 4.74. The van der Waals surface area contributed by atoms with E-state index in [9.17, 15) is 0 Å². The van der Waals surface area contributed by atoms with Gasteiger partial charge in [-0.1, -0.05) is 44.4 Å². The average Bonchev–Trinajstić information content (AvgIpc) is 3.33. The molecule has 2 heterocycles. The zero-order valence-corrected chi connectivity index (χ0v) is 16.9. The topological polar surface area (TPSA) is 0 Å². The summed E-state index contributed by atoms with van der Waals surface area (Å²) in [6.45, 7) is 2.29. The monoisotopic (exact) mass is 368 g/mol. The van der Waals surface area contributed by atoms with Crippen LogP contribution in [0.2, 0.25) is 0 Å². The highest BCUT2D eigenvalue weighted by atomic mass is 32.1. The van der Waals surface area contributed by atoms with Gasteiger partial charge in [0.1, 0.15) is 0 Å².